The van der Waals surface area contributed by atoms with Crippen LogP contribution in [0.2, 0.25) is 0 Å². The second kappa shape index (κ2) is 8.29. The fraction of sp³-hybridized carbons (Fsp3) is 0.136. The van der Waals surface area contributed by atoms with Crippen molar-refractivity contribution >= 4 is 0 Å². The monoisotopic (exact) mass is 444 g/mol. The molecule has 0 atom stereocenters. The molecule has 0 bridgehead atoms. The summed E-state index contributed by atoms with van der Waals surface area (Å²) in [4.78, 5) is 12.2. The third-order valence-electron chi connectivity index (χ3n) is 4.98. The molecule has 10 heteroatoms. The van der Waals surface area contributed by atoms with Crippen LogP contribution >= 0.6 is 0 Å². The van der Waals surface area contributed by atoms with E-state index in [0.717, 1.165) is 9.36 Å². The molecule has 6 nitrogen and oxygen atoms in total. The van der Waals surface area contributed by atoms with Crippen LogP contribution in [0.4, 0.5) is 17.6 Å². The molecular formula is C22H16F4N4O2. The summed E-state index contributed by atoms with van der Waals surface area (Å²) in [5.74, 6) is -7.65. The number of ether oxygens (including phenoxy) is 1. The van der Waals surface area contributed by atoms with E-state index in [-0.39, 0.29) is 11.3 Å². The molecule has 32 heavy (non-hydrogen) atoms. The first-order chi connectivity index (χ1) is 15.3. The maximum atomic E-state index is 14.7. The maximum Gasteiger partial charge on any atom is 0.368 e. The van der Waals surface area contributed by atoms with Gasteiger partial charge in [0, 0.05) is 12.6 Å². The van der Waals surface area contributed by atoms with Gasteiger partial charge in [0.25, 0.3) is 0 Å². The van der Waals surface area contributed by atoms with Crippen molar-refractivity contribution in [1.82, 2.24) is 19.8 Å². The number of benzene rings is 3. The molecule has 4 rings (SSSR count). The van der Waals surface area contributed by atoms with Gasteiger partial charge in [-0.2, -0.15) is 18.1 Å². The lowest BCUT2D eigenvalue weighted by Gasteiger charge is -2.16. The first-order valence-corrected chi connectivity index (χ1v) is 9.43. The van der Waals surface area contributed by atoms with Gasteiger partial charge in [0.05, 0.1) is 11.3 Å². The number of halogens is 4. The summed E-state index contributed by atoms with van der Waals surface area (Å²) in [5, 5.41) is 7.37. The number of aryl methyl sites for hydroxylation is 2. The standard InChI is InChI=1S/C22H16F4N4O2/c1-12-7-6-10-15(30-22(31)29(2)27-28-30)14(12)11-32-21-19(25)17(23)16(18(24)20(21)26)13-8-4-3-5-9-13/h3-10H,11H2,1-2H3. The number of hydrogen-bond acceptors (Lipinski definition) is 4. The van der Waals surface area contributed by atoms with E-state index in [1.54, 1.807) is 25.1 Å². The van der Waals surface area contributed by atoms with Gasteiger partial charge in [-0.1, -0.05) is 42.5 Å². The van der Waals surface area contributed by atoms with Crippen LogP contribution in [0.5, 0.6) is 5.75 Å². The third kappa shape index (κ3) is 3.53. The van der Waals surface area contributed by atoms with Gasteiger partial charge in [-0.15, -0.1) is 0 Å². The minimum Gasteiger partial charge on any atom is -0.483 e. The van der Waals surface area contributed by atoms with Crippen LogP contribution < -0.4 is 10.4 Å². The number of hydrogen-bond donors (Lipinski definition) is 0. The van der Waals surface area contributed by atoms with Gasteiger partial charge in [0.1, 0.15) is 6.61 Å². The lowest BCUT2D eigenvalue weighted by molar-refractivity contribution is 0.261. The Balaban J connectivity index is 1.75. The van der Waals surface area contributed by atoms with E-state index in [1.165, 1.54) is 37.4 Å². The molecule has 4 aromatic rings. The third-order valence-corrected chi connectivity index (χ3v) is 4.98. The Labute approximate surface area is 179 Å². The molecule has 0 spiro atoms. The Kier molecular flexibility index (Phi) is 5.52. The van der Waals surface area contributed by atoms with Gasteiger partial charge >= 0.3 is 5.69 Å². The van der Waals surface area contributed by atoms with Crippen molar-refractivity contribution in [1.29, 1.82) is 0 Å². The molecule has 0 radical (unpaired) electrons. The summed E-state index contributed by atoms with van der Waals surface area (Å²) in [5.41, 5.74) is -0.209. The first kappa shape index (κ1) is 21.3. The van der Waals surface area contributed by atoms with Gasteiger partial charge < -0.3 is 4.74 Å². The number of nitrogens with zero attached hydrogens (tertiary/aromatic N) is 4. The van der Waals surface area contributed by atoms with E-state index in [2.05, 4.69) is 10.4 Å². The maximum absolute atomic E-state index is 14.7. The summed E-state index contributed by atoms with van der Waals surface area (Å²) in [7, 11) is 1.41. The minimum absolute atomic E-state index is 0.0185. The Morgan fingerprint density at radius 2 is 1.53 bits per heavy atom. The van der Waals surface area contributed by atoms with Gasteiger partial charge in [-0.25, -0.2) is 13.6 Å². The van der Waals surface area contributed by atoms with Gasteiger partial charge in [0.15, 0.2) is 17.4 Å². The van der Waals surface area contributed by atoms with E-state index >= 15 is 0 Å². The van der Waals surface area contributed by atoms with E-state index in [1.807, 2.05) is 0 Å². The predicted molar refractivity (Wildman–Crippen MR) is 107 cm³/mol. The topological polar surface area (TPSA) is 61.9 Å². The van der Waals surface area contributed by atoms with Crippen LogP contribution in [-0.2, 0) is 13.7 Å². The zero-order valence-corrected chi connectivity index (χ0v) is 16.9. The highest BCUT2D eigenvalue weighted by atomic mass is 19.2. The molecule has 0 N–H and O–H groups in total. The summed E-state index contributed by atoms with van der Waals surface area (Å²) in [6.07, 6.45) is 0. The van der Waals surface area contributed by atoms with Crippen molar-refractivity contribution in [2.45, 2.75) is 13.5 Å². The summed E-state index contributed by atoms with van der Waals surface area (Å²) in [6, 6.07) is 12.1. The summed E-state index contributed by atoms with van der Waals surface area (Å²) < 4.78 is 65.9. The Hall–Kier alpha value is -3.95. The van der Waals surface area contributed by atoms with Crippen molar-refractivity contribution in [3.05, 3.63) is 93.4 Å². The molecule has 0 fully saturated rings. The van der Waals surface area contributed by atoms with E-state index < -0.39 is 46.9 Å². The highest BCUT2D eigenvalue weighted by Gasteiger charge is 2.28. The van der Waals surface area contributed by atoms with Crippen LogP contribution in [0.25, 0.3) is 16.8 Å². The normalized spacial score (nSPS) is 11.1. The fourth-order valence-corrected chi connectivity index (χ4v) is 3.28. The first-order valence-electron chi connectivity index (χ1n) is 9.43. The van der Waals surface area contributed by atoms with Crippen LogP contribution in [0, 0.1) is 30.2 Å². The largest absolute Gasteiger partial charge is 0.483 e. The van der Waals surface area contributed by atoms with Crippen molar-refractivity contribution in [2.75, 3.05) is 0 Å². The van der Waals surface area contributed by atoms with E-state index in [9.17, 15) is 22.4 Å². The van der Waals surface area contributed by atoms with Crippen LogP contribution in [0.1, 0.15) is 11.1 Å². The molecule has 1 aromatic heterocycles. The average molecular weight is 444 g/mol. The predicted octanol–water partition coefficient (Wildman–Crippen LogP) is 4.08. The Bertz CT molecular complexity index is 1340. The second-order valence-electron chi connectivity index (χ2n) is 6.98. The van der Waals surface area contributed by atoms with Gasteiger partial charge in [-0.3, -0.25) is 0 Å². The van der Waals surface area contributed by atoms with Crippen molar-refractivity contribution < 1.29 is 22.3 Å². The van der Waals surface area contributed by atoms with Crippen LogP contribution in [0.15, 0.2) is 53.3 Å². The molecule has 0 amide bonds. The fourth-order valence-electron chi connectivity index (χ4n) is 3.28. The molecule has 0 unspecified atom stereocenters. The van der Waals surface area contributed by atoms with Gasteiger partial charge in [0.2, 0.25) is 11.6 Å². The summed E-state index contributed by atoms with van der Waals surface area (Å²) in [6.45, 7) is 1.19. The average Bonchev–Trinajstić information content (AvgIpc) is 3.12. The lowest BCUT2D eigenvalue weighted by Crippen LogP contribution is -2.23. The highest BCUT2D eigenvalue weighted by Crippen LogP contribution is 2.36. The number of rotatable bonds is 5. The zero-order chi connectivity index (χ0) is 23.0. The van der Waals surface area contributed by atoms with Crippen molar-refractivity contribution in [2.24, 2.45) is 7.05 Å². The van der Waals surface area contributed by atoms with E-state index in [0.29, 0.717) is 11.1 Å². The second-order valence-corrected chi connectivity index (χ2v) is 6.98. The molecule has 1 heterocycles. The number of aromatic nitrogens is 4. The lowest BCUT2D eigenvalue weighted by atomic mass is 10.0. The molecule has 3 aromatic carbocycles. The molecule has 0 aliphatic heterocycles. The molecule has 0 aliphatic rings. The molecule has 0 saturated carbocycles. The zero-order valence-electron chi connectivity index (χ0n) is 16.9. The summed E-state index contributed by atoms with van der Waals surface area (Å²) >= 11 is 0. The quantitative estimate of drug-likeness (QED) is 0.344. The smallest absolute Gasteiger partial charge is 0.368 e. The highest BCUT2D eigenvalue weighted by molar-refractivity contribution is 5.66. The molecule has 0 saturated heterocycles. The Morgan fingerprint density at radius 1 is 0.875 bits per heavy atom. The molecular weight excluding hydrogens is 428 g/mol. The van der Waals surface area contributed by atoms with Crippen LogP contribution in [0.3, 0.4) is 0 Å². The van der Waals surface area contributed by atoms with E-state index in [4.69, 9.17) is 4.74 Å². The SMILES string of the molecule is Cc1cccc(-n2nnn(C)c2=O)c1COc1c(F)c(F)c(-c2ccccc2)c(F)c1F. The number of tetrazole rings is 1. The Morgan fingerprint density at radius 3 is 2.12 bits per heavy atom. The van der Waals surface area contributed by atoms with Crippen molar-refractivity contribution in [3.8, 4) is 22.6 Å². The molecule has 164 valence electrons. The van der Waals surface area contributed by atoms with Crippen molar-refractivity contribution in [3.63, 3.8) is 0 Å². The van der Waals surface area contributed by atoms with Gasteiger partial charge in [-0.05, 0) is 34.5 Å². The van der Waals surface area contributed by atoms with Crippen LogP contribution in [-0.4, -0.2) is 19.8 Å². The molecule has 0 aliphatic carbocycles. The minimum atomic E-state index is -1.66.